The summed E-state index contributed by atoms with van der Waals surface area (Å²) in [5.41, 5.74) is 1.73. The van der Waals surface area contributed by atoms with Crippen molar-refractivity contribution in [3.63, 3.8) is 0 Å². The van der Waals surface area contributed by atoms with Crippen LogP contribution < -0.4 is 5.32 Å². The van der Waals surface area contributed by atoms with Gasteiger partial charge in [-0.25, -0.2) is 13.9 Å². The van der Waals surface area contributed by atoms with E-state index in [9.17, 15) is 22.4 Å². The Bertz CT molecular complexity index is 1670. The van der Waals surface area contributed by atoms with E-state index in [4.69, 9.17) is 11.6 Å². The molecule has 0 saturated carbocycles. The summed E-state index contributed by atoms with van der Waals surface area (Å²) >= 11 is 6.20. The molecule has 2 aromatic carbocycles. The molecule has 194 valence electrons. The van der Waals surface area contributed by atoms with Gasteiger partial charge in [-0.3, -0.25) is 9.48 Å². The molecule has 5 aromatic rings. The lowest BCUT2D eigenvalue weighted by Crippen LogP contribution is -2.16. The Morgan fingerprint density at radius 1 is 1.00 bits per heavy atom. The molecule has 0 spiro atoms. The molecule has 7 nitrogen and oxygen atoms in total. The Hall–Kier alpha value is -4.25. The Kier molecular flexibility index (Phi) is 6.39. The number of nitrogens with one attached hydrogen (secondary N) is 1. The second kappa shape index (κ2) is 9.56. The van der Waals surface area contributed by atoms with Crippen molar-refractivity contribution in [2.75, 3.05) is 5.32 Å². The van der Waals surface area contributed by atoms with Crippen LogP contribution in [-0.2, 0) is 12.7 Å². The number of aromatic nitrogens is 5. The second-order valence-corrected chi connectivity index (χ2v) is 9.13. The summed E-state index contributed by atoms with van der Waals surface area (Å²) in [4.78, 5) is 17.2. The molecule has 3 aromatic heterocycles. The first-order valence-corrected chi connectivity index (χ1v) is 11.7. The van der Waals surface area contributed by atoms with E-state index in [2.05, 4.69) is 20.5 Å². The van der Waals surface area contributed by atoms with Crippen molar-refractivity contribution in [3.05, 3.63) is 99.7 Å². The van der Waals surface area contributed by atoms with Gasteiger partial charge >= 0.3 is 6.18 Å². The van der Waals surface area contributed by atoms with Gasteiger partial charge in [-0.2, -0.15) is 23.4 Å². The monoisotopic (exact) mass is 542 g/mol. The molecule has 3 heterocycles. The minimum absolute atomic E-state index is 0.00402. The fraction of sp³-hybridized carbons (Fsp3) is 0.154. The van der Waals surface area contributed by atoms with Crippen LogP contribution in [0.4, 0.5) is 23.4 Å². The molecule has 0 atom stereocenters. The van der Waals surface area contributed by atoms with Crippen molar-refractivity contribution in [3.8, 4) is 11.3 Å². The fourth-order valence-electron chi connectivity index (χ4n) is 3.85. The maximum Gasteiger partial charge on any atom is 0.433 e. The molecule has 0 fully saturated rings. The summed E-state index contributed by atoms with van der Waals surface area (Å²) in [6.07, 6.45) is -3.29. The smallest absolute Gasteiger partial charge is 0.302 e. The van der Waals surface area contributed by atoms with E-state index in [0.29, 0.717) is 10.1 Å². The predicted octanol–water partition coefficient (Wildman–Crippen LogP) is 6.32. The standard InChI is InChI=1S/C26H19ClF4N6O/c1-14-3-6-17(9-15(14)2)20-10-22(26(29,30)31)37-23(32-20)11-21(34-37)25(38)33-24-19(27)13-36(35-24)12-16-4-7-18(28)8-5-16/h3-11,13H,12H2,1-2H3,(H,33,35,38). The van der Waals surface area contributed by atoms with Crippen LogP contribution >= 0.6 is 11.6 Å². The predicted molar refractivity (Wildman–Crippen MR) is 134 cm³/mol. The van der Waals surface area contributed by atoms with Gasteiger partial charge in [0.1, 0.15) is 10.8 Å². The van der Waals surface area contributed by atoms with Gasteiger partial charge in [0.15, 0.2) is 22.9 Å². The quantitative estimate of drug-likeness (QED) is 0.264. The highest BCUT2D eigenvalue weighted by molar-refractivity contribution is 6.33. The number of fused-ring (bicyclic) bond motifs is 1. The second-order valence-electron chi connectivity index (χ2n) is 8.73. The van der Waals surface area contributed by atoms with Crippen LogP contribution in [0.1, 0.15) is 32.9 Å². The lowest BCUT2D eigenvalue weighted by atomic mass is 10.0. The largest absolute Gasteiger partial charge is 0.433 e. The zero-order valence-corrected chi connectivity index (χ0v) is 20.8. The first kappa shape index (κ1) is 25.4. The Balaban J connectivity index is 1.45. The van der Waals surface area contributed by atoms with E-state index in [0.717, 1.165) is 22.8 Å². The van der Waals surface area contributed by atoms with Gasteiger partial charge in [-0.15, -0.1) is 0 Å². The van der Waals surface area contributed by atoms with E-state index >= 15 is 0 Å². The molecular weight excluding hydrogens is 524 g/mol. The number of hydrogen-bond acceptors (Lipinski definition) is 4. The van der Waals surface area contributed by atoms with Gasteiger partial charge in [-0.1, -0.05) is 35.9 Å². The Morgan fingerprint density at radius 2 is 1.74 bits per heavy atom. The summed E-state index contributed by atoms with van der Waals surface area (Å²) in [6, 6.07) is 13.1. The maximum absolute atomic E-state index is 13.9. The van der Waals surface area contributed by atoms with Crippen LogP contribution in [0.2, 0.25) is 5.02 Å². The zero-order valence-electron chi connectivity index (χ0n) is 20.0. The van der Waals surface area contributed by atoms with E-state index in [1.165, 1.54) is 29.1 Å². The van der Waals surface area contributed by atoms with Crippen LogP contribution in [0.5, 0.6) is 0 Å². The third-order valence-electron chi connectivity index (χ3n) is 5.96. The van der Waals surface area contributed by atoms with Crippen LogP contribution in [0.3, 0.4) is 0 Å². The van der Waals surface area contributed by atoms with Gasteiger partial charge < -0.3 is 5.32 Å². The maximum atomic E-state index is 13.9. The van der Waals surface area contributed by atoms with E-state index in [1.807, 2.05) is 13.8 Å². The van der Waals surface area contributed by atoms with Crippen molar-refractivity contribution in [2.45, 2.75) is 26.6 Å². The van der Waals surface area contributed by atoms with Gasteiger partial charge in [0.05, 0.1) is 12.2 Å². The van der Waals surface area contributed by atoms with Crippen LogP contribution in [0, 0.1) is 19.7 Å². The highest BCUT2D eigenvalue weighted by Gasteiger charge is 2.35. The van der Waals surface area contributed by atoms with Crippen molar-refractivity contribution in [2.24, 2.45) is 0 Å². The molecule has 0 radical (unpaired) electrons. The van der Waals surface area contributed by atoms with E-state index in [1.54, 1.807) is 30.3 Å². The van der Waals surface area contributed by atoms with Gasteiger partial charge in [0.2, 0.25) is 0 Å². The molecular formula is C26H19ClF4N6O. The van der Waals surface area contributed by atoms with Gasteiger partial charge in [0, 0.05) is 17.8 Å². The molecule has 0 unspecified atom stereocenters. The van der Waals surface area contributed by atoms with E-state index < -0.39 is 17.8 Å². The number of benzene rings is 2. The van der Waals surface area contributed by atoms with Crippen LogP contribution in [-0.4, -0.2) is 30.3 Å². The van der Waals surface area contributed by atoms with Crippen LogP contribution in [0.25, 0.3) is 16.9 Å². The molecule has 1 amide bonds. The number of carbonyl (C=O) groups is 1. The molecule has 1 N–H and O–H groups in total. The molecule has 12 heteroatoms. The van der Waals surface area contributed by atoms with Crippen molar-refractivity contribution < 1.29 is 22.4 Å². The number of anilines is 1. The van der Waals surface area contributed by atoms with Crippen molar-refractivity contribution >= 4 is 29.0 Å². The van der Waals surface area contributed by atoms with Gasteiger partial charge in [-0.05, 0) is 54.8 Å². The highest BCUT2D eigenvalue weighted by Crippen LogP contribution is 2.33. The number of halogens is 5. The lowest BCUT2D eigenvalue weighted by molar-refractivity contribution is -0.142. The average Bonchev–Trinajstić information content (AvgIpc) is 3.44. The number of alkyl halides is 3. The molecule has 38 heavy (non-hydrogen) atoms. The number of rotatable bonds is 5. The lowest BCUT2D eigenvalue weighted by Gasteiger charge is -2.11. The molecule has 0 aliphatic heterocycles. The third kappa shape index (κ3) is 5.10. The summed E-state index contributed by atoms with van der Waals surface area (Å²) in [6.45, 7) is 4.01. The molecule has 0 aliphatic carbocycles. The zero-order chi connectivity index (χ0) is 27.2. The normalized spacial score (nSPS) is 11.8. The summed E-state index contributed by atoms with van der Waals surface area (Å²) < 4.78 is 57.0. The molecule has 0 aliphatic rings. The fourth-order valence-corrected chi connectivity index (χ4v) is 4.04. The van der Waals surface area contributed by atoms with Crippen molar-refractivity contribution in [1.29, 1.82) is 0 Å². The van der Waals surface area contributed by atoms with Crippen LogP contribution in [0.15, 0.2) is 60.8 Å². The number of aryl methyl sites for hydroxylation is 2. The topological polar surface area (TPSA) is 77.1 Å². The Morgan fingerprint density at radius 3 is 2.42 bits per heavy atom. The average molecular weight is 543 g/mol. The minimum Gasteiger partial charge on any atom is -0.302 e. The summed E-state index contributed by atoms with van der Waals surface area (Å²) in [5.74, 6) is -1.20. The first-order valence-electron chi connectivity index (χ1n) is 11.3. The minimum atomic E-state index is -4.75. The Labute approximate surface area is 218 Å². The first-order chi connectivity index (χ1) is 18.0. The van der Waals surface area contributed by atoms with E-state index in [-0.39, 0.29) is 40.2 Å². The van der Waals surface area contributed by atoms with Gasteiger partial charge in [0.25, 0.3) is 5.91 Å². The van der Waals surface area contributed by atoms with Crippen molar-refractivity contribution in [1.82, 2.24) is 24.4 Å². The number of carbonyl (C=O) groups excluding carboxylic acids is 1. The molecule has 0 saturated heterocycles. The molecule has 0 bridgehead atoms. The number of hydrogen-bond donors (Lipinski definition) is 1. The SMILES string of the molecule is Cc1ccc(-c2cc(C(F)(F)F)n3nc(C(=O)Nc4nn(Cc5ccc(F)cc5)cc4Cl)cc3n2)cc1C. The molecule has 5 rings (SSSR count). The summed E-state index contributed by atoms with van der Waals surface area (Å²) in [7, 11) is 0. The third-order valence-corrected chi connectivity index (χ3v) is 6.24. The summed E-state index contributed by atoms with van der Waals surface area (Å²) in [5, 5.41) is 10.6. The number of nitrogens with zero attached hydrogens (tertiary/aromatic N) is 5. The number of amides is 1. The highest BCUT2D eigenvalue weighted by atomic mass is 35.5.